The molecule has 7 nitrogen and oxygen atoms in total. The van der Waals surface area contributed by atoms with E-state index in [0.717, 1.165) is 27.8 Å². The molecule has 3 aromatic carbocycles. The van der Waals surface area contributed by atoms with Crippen molar-refractivity contribution < 1.29 is 19.4 Å². The zero-order valence-corrected chi connectivity index (χ0v) is 19.7. The number of nitrogens with zero attached hydrogens (tertiary/aromatic N) is 2. The minimum Gasteiger partial charge on any atom is -0.481 e. The van der Waals surface area contributed by atoms with Gasteiger partial charge in [-0.05, 0) is 48.1 Å². The molecule has 4 aromatic rings. The van der Waals surface area contributed by atoms with Gasteiger partial charge in [0, 0.05) is 5.56 Å². The molecule has 180 valence electrons. The Labute approximate surface area is 208 Å². The number of amides is 1. The van der Waals surface area contributed by atoms with Crippen molar-refractivity contribution in [3.05, 3.63) is 102 Å². The lowest BCUT2D eigenvalue weighted by atomic mass is 9.93. The summed E-state index contributed by atoms with van der Waals surface area (Å²) in [6.07, 6.45) is 1.90. The highest BCUT2D eigenvalue weighted by Crippen LogP contribution is 2.48. The Kier molecular flexibility index (Phi) is 6.21. The van der Waals surface area contributed by atoms with Crippen LogP contribution in [0.3, 0.4) is 0 Å². The summed E-state index contributed by atoms with van der Waals surface area (Å²) in [5.41, 5.74) is 4.83. The van der Waals surface area contributed by atoms with E-state index in [1.807, 2.05) is 85.8 Å². The molecular formula is C29H25N3O4. The third kappa shape index (κ3) is 4.68. The Morgan fingerprint density at radius 3 is 2.11 bits per heavy atom. The van der Waals surface area contributed by atoms with E-state index in [2.05, 4.69) is 15.5 Å². The van der Waals surface area contributed by atoms with Gasteiger partial charge in [-0.25, -0.2) is 4.79 Å². The van der Waals surface area contributed by atoms with E-state index >= 15 is 0 Å². The van der Waals surface area contributed by atoms with Crippen molar-refractivity contribution in [2.24, 2.45) is 0 Å². The molecular weight excluding hydrogens is 454 g/mol. The molecule has 5 rings (SSSR count). The van der Waals surface area contributed by atoms with E-state index in [9.17, 15) is 14.7 Å². The SMILES string of the molecule is CC(OC(=O)Nc1ccnnc1-c1ccc(-c2ccc(C3(C(=O)O)CC3)cc2)cc1)c1ccccc1. The summed E-state index contributed by atoms with van der Waals surface area (Å²) in [6, 6.07) is 26.6. The maximum absolute atomic E-state index is 12.5. The molecule has 1 atom stereocenters. The third-order valence-corrected chi connectivity index (χ3v) is 6.60. The quantitative estimate of drug-likeness (QED) is 0.325. The Morgan fingerprint density at radius 1 is 0.889 bits per heavy atom. The second kappa shape index (κ2) is 9.62. The monoisotopic (exact) mass is 479 g/mol. The number of nitrogens with one attached hydrogen (secondary N) is 1. The van der Waals surface area contributed by atoms with E-state index in [1.165, 1.54) is 6.20 Å². The first-order chi connectivity index (χ1) is 17.5. The number of carbonyl (C=O) groups is 2. The first-order valence-electron chi connectivity index (χ1n) is 11.8. The predicted octanol–water partition coefficient (Wildman–Crippen LogP) is 6.24. The van der Waals surface area contributed by atoms with Gasteiger partial charge >= 0.3 is 12.1 Å². The van der Waals surface area contributed by atoms with Gasteiger partial charge in [-0.3, -0.25) is 10.1 Å². The molecule has 0 aliphatic heterocycles. The molecule has 1 fully saturated rings. The standard InChI is InChI=1S/C29H25N3O4/c1-19(20-5-3-2-4-6-20)36-28(35)31-25-15-18-30-32-26(25)23-9-7-21(8-10-23)22-11-13-24(14-12-22)29(16-17-29)27(33)34/h2-15,18-19H,16-17H2,1H3,(H,33,34)(H,30,31,35). The summed E-state index contributed by atoms with van der Waals surface area (Å²) in [4.78, 5) is 24.1. The van der Waals surface area contributed by atoms with Gasteiger partial charge in [-0.1, -0.05) is 78.9 Å². The first kappa shape index (κ1) is 23.2. The van der Waals surface area contributed by atoms with Gasteiger partial charge in [0.05, 0.1) is 17.3 Å². The number of hydrogen-bond donors (Lipinski definition) is 2. The molecule has 0 bridgehead atoms. The van der Waals surface area contributed by atoms with Crippen LogP contribution in [-0.4, -0.2) is 27.4 Å². The normalized spacial score (nSPS) is 14.5. The number of aromatic nitrogens is 2. The highest BCUT2D eigenvalue weighted by atomic mass is 16.6. The predicted molar refractivity (Wildman–Crippen MR) is 136 cm³/mol. The molecule has 0 saturated heterocycles. The summed E-state index contributed by atoms with van der Waals surface area (Å²) in [7, 11) is 0. The van der Waals surface area contributed by atoms with Crippen LogP contribution < -0.4 is 5.32 Å². The van der Waals surface area contributed by atoms with Gasteiger partial charge in [0.15, 0.2) is 0 Å². The van der Waals surface area contributed by atoms with Gasteiger partial charge in [-0.2, -0.15) is 5.10 Å². The van der Waals surface area contributed by atoms with Crippen LogP contribution in [-0.2, 0) is 14.9 Å². The lowest BCUT2D eigenvalue weighted by molar-refractivity contribution is -0.140. The van der Waals surface area contributed by atoms with Gasteiger partial charge in [-0.15, -0.1) is 5.10 Å². The highest BCUT2D eigenvalue weighted by Gasteiger charge is 2.51. The fourth-order valence-electron chi connectivity index (χ4n) is 4.29. The van der Waals surface area contributed by atoms with Crippen LogP contribution in [0.15, 0.2) is 91.1 Å². The van der Waals surface area contributed by atoms with Crippen LogP contribution >= 0.6 is 0 Å². The van der Waals surface area contributed by atoms with E-state index in [0.29, 0.717) is 24.2 Å². The molecule has 7 heteroatoms. The molecule has 0 radical (unpaired) electrons. The van der Waals surface area contributed by atoms with Crippen LogP contribution in [0, 0.1) is 0 Å². The Morgan fingerprint density at radius 2 is 1.50 bits per heavy atom. The molecule has 1 aliphatic rings. The van der Waals surface area contributed by atoms with Gasteiger partial charge in [0.1, 0.15) is 11.8 Å². The number of carboxylic acid groups (broad SMARTS) is 1. The maximum atomic E-state index is 12.5. The summed E-state index contributed by atoms with van der Waals surface area (Å²) in [5.74, 6) is -0.758. The lowest BCUT2D eigenvalue weighted by Gasteiger charge is -2.15. The van der Waals surface area contributed by atoms with Crippen molar-refractivity contribution in [1.29, 1.82) is 0 Å². The number of rotatable bonds is 7. The fourth-order valence-corrected chi connectivity index (χ4v) is 4.29. The number of carboxylic acids is 1. The van der Waals surface area contributed by atoms with Crippen molar-refractivity contribution in [2.45, 2.75) is 31.3 Å². The Balaban J connectivity index is 1.30. The van der Waals surface area contributed by atoms with Crippen molar-refractivity contribution in [3.8, 4) is 22.4 Å². The van der Waals surface area contributed by atoms with Crippen LogP contribution in [0.1, 0.15) is 37.0 Å². The largest absolute Gasteiger partial charge is 0.481 e. The van der Waals surface area contributed by atoms with Crippen LogP contribution in [0.5, 0.6) is 0 Å². The van der Waals surface area contributed by atoms with Crippen molar-refractivity contribution in [3.63, 3.8) is 0 Å². The minimum atomic E-state index is -0.758. The Hall–Kier alpha value is -4.52. The number of ether oxygens (including phenoxy) is 1. The minimum absolute atomic E-state index is 0.402. The van der Waals surface area contributed by atoms with Gasteiger partial charge in [0.25, 0.3) is 0 Å². The second-order valence-corrected chi connectivity index (χ2v) is 8.92. The molecule has 1 saturated carbocycles. The second-order valence-electron chi connectivity index (χ2n) is 8.92. The van der Waals surface area contributed by atoms with E-state index in [-0.39, 0.29) is 0 Å². The maximum Gasteiger partial charge on any atom is 0.412 e. The molecule has 1 heterocycles. The Bertz CT molecular complexity index is 1380. The van der Waals surface area contributed by atoms with E-state index in [4.69, 9.17) is 4.74 Å². The van der Waals surface area contributed by atoms with Crippen LogP contribution in [0.2, 0.25) is 0 Å². The first-order valence-corrected chi connectivity index (χ1v) is 11.8. The molecule has 1 aliphatic carbocycles. The lowest BCUT2D eigenvalue weighted by Crippen LogP contribution is -2.19. The highest BCUT2D eigenvalue weighted by molar-refractivity contribution is 5.90. The molecule has 1 aromatic heterocycles. The summed E-state index contributed by atoms with van der Waals surface area (Å²) >= 11 is 0. The topological polar surface area (TPSA) is 101 Å². The van der Waals surface area contributed by atoms with Crippen LogP contribution in [0.4, 0.5) is 10.5 Å². The van der Waals surface area contributed by atoms with Crippen molar-refractivity contribution >= 4 is 17.7 Å². The molecule has 1 amide bonds. The van der Waals surface area contributed by atoms with Crippen molar-refractivity contribution in [1.82, 2.24) is 10.2 Å². The average Bonchev–Trinajstić information content (AvgIpc) is 3.72. The molecule has 0 spiro atoms. The zero-order chi connectivity index (χ0) is 25.1. The number of aliphatic carboxylic acids is 1. The smallest absolute Gasteiger partial charge is 0.412 e. The number of carbonyl (C=O) groups excluding carboxylic acids is 1. The third-order valence-electron chi connectivity index (χ3n) is 6.60. The van der Waals surface area contributed by atoms with Gasteiger partial charge in [0.2, 0.25) is 0 Å². The van der Waals surface area contributed by atoms with Crippen LogP contribution in [0.25, 0.3) is 22.4 Å². The average molecular weight is 480 g/mol. The molecule has 36 heavy (non-hydrogen) atoms. The van der Waals surface area contributed by atoms with E-state index < -0.39 is 23.6 Å². The molecule has 1 unspecified atom stereocenters. The van der Waals surface area contributed by atoms with Crippen molar-refractivity contribution in [2.75, 3.05) is 5.32 Å². The number of anilines is 1. The van der Waals surface area contributed by atoms with E-state index in [1.54, 1.807) is 6.07 Å². The zero-order valence-electron chi connectivity index (χ0n) is 19.7. The molecule has 2 N–H and O–H groups in total. The number of hydrogen-bond acceptors (Lipinski definition) is 5. The summed E-state index contributed by atoms with van der Waals surface area (Å²) in [6.45, 7) is 1.82. The number of benzene rings is 3. The summed E-state index contributed by atoms with van der Waals surface area (Å²) < 4.78 is 5.53. The fraction of sp³-hybridized carbons (Fsp3) is 0.172. The summed E-state index contributed by atoms with van der Waals surface area (Å²) in [5, 5.41) is 20.5. The van der Waals surface area contributed by atoms with Gasteiger partial charge < -0.3 is 9.84 Å².